The summed E-state index contributed by atoms with van der Waals surface area (Å²) < 4.78 is 38.8. The number of phenols is 1. The number of fused-ring (bicyclic) bond motifs is 3. The van der Waals surface area contributed by atoms with E-state index in [2.05, 4.69) is 10.3 Å². The maximum Gasteiger partial charge on any atom is 0.434 e. The fourth-order valence-corrected chi connectivity index (χ4v) is 6.63. The Morgan fingerprint density at radius 3 is 2.51 bits per heavy atom. The van der Waals surface area contributed by atoms with Gasteiger partial charge in [0.25, 0.3) is 5.91 Å². The largest absolute Gasteiger partial charge is 0.508 e. The van der Waals surface area contributed by atoms with Crippen LogP contribution in [-0.4, -0.2) is 62.6 Å². The molecule has 5 rings (SSSR count). The van der Waals surface area contributed by atoms with Crippen molar-refractivity contribution in [1.29, 1.82) is 0 Å². The lowest BCUT2D eigenvalue weighted by Crippen LogP contribution is -2.58. The van der Waals surface area contributed by atoms with Crippen LogP contribution in [0.2, 0.25) is 0 Å². The number of carbonyl (C=O) groups is 3. The Morgan fingerprint density at radius 2 is 1.93 bits per heavy atom. The van der Waals surface area contributed by atoms with E-state index in [1.807, 2.05) is 0 Å². The number of aliphatic hydroxyl groups is 3. The Hall–Kier alpha value is -4.11. The van der Waals surface area contributed by atoms with Crippen LogP contribution in [-0.2, 0) is 33.5 Å². The number of aromatic hydroxyl groups is 1. The van der Waals surface area contributed by atoms with Gasteiger partial charge in [0.1, 0.15) is 22.8 Å². The third kappa shape index (κ3) is 4.30. The van der Waals surface area contributed by atoms with Gasteiger partial charge in [0.05, 0.1) is 5.56 Å². The van der Waals surface area contributed by atoms with Crippen molar-refractivity contribution in [3.63, 3.8) is 0 Å². The van der Waals surface area contributed by atoms with Crippen molar-refractivity contribution >= 4 is 45.4 Å². The fraction of sp³-hybridized carbons (Fsp3) is 0.385. The van der Waals surface area contributed by atoms with Gasteiger partial charge in [-0.1, -0.05) is 0 Å². The smallest absolute Gasteiger partial charge is 0.434 e. The zero-order valence-corrected chi connectivity index (χ0v) is 22.5. The topological polar surface area (TPSA) is 186 Å². The number of phenolic OH excluding ortho intramolecular Hbond substituents is 1. The number of hydrogen-bond acceptors (Lipinski definition) is 11. The lowest BCUT2D eigenvalue weighted by atomic mass is 9.59. The van der Waals surface area contributed by atoms with E-state index >= 15 is 0 Å². The van der Waals surface area contributed by atoms with E-state index in [0.29, 0.717) is 11.3 Å². The summed E-state index contributed by atoms with van der Waals surface area (Å²) in [4.78, 5) is 43.2. The maximum absolute atomic E-state index is 13.7. The Bertz CT molecular complexity index is 1580. The third-order valence-electron chi connectivity index (χ3n) is 7.83. The first kappa shape index (κ1) is 28.4. The molecular formula is C26H25F3N4O7S. The molecule has 0 aliphatic heterocycles. The molecule has 1 amide bonds. The first-order valence-electron chi connectivity index (χ1n) is 12.4. The highest BCUT2D eigenvalue weighted by atomic mass is 32.1. The van der Waals surface area contributed by atoms with E-state index in [0.717, 1.165) is 16.7 Å². The SMILES string of the molecule is CN(C)c1cc(CNc2nc(C(F)(F)F)cs2)c(O)c2c1CC1CC3CC(=O)C(C(N)=O)=C(O)C3(O)C(=O)C1=C2O. The minimum Gasteiger partial charge on any atom is -0.508 e. The molecule has 1 aromatic heterocycles. The number of ketones is 2. The van der Waals surface area contributed by atoms with E-state index in [4.69, 9.17) is 5.73 Å². The van der Waals surface area contributed by atoms with Crippen LogP contribution in [0.5, 0.6) is 5.75 Å². The van der Waals surface area contributed by atoms with E-state index in [-0.39, 0.29) is 41.2 Å². The molecule has 0 bridgehead atoms. The van der Waals surface area contributed by atoms with Gasteiger partial charge >= 0.3 is 6.18 Å². The molecule has 1 saturated carbocycles. The average molecular weight is 595 g/mol. The van der Waals surface area contributed by atoms with Crippen LogP contribution in [0.25, 0.3) is 5.76 Å². The van der Waals surface area contributed by atoms with Crippen LogP contribution >= 0.6 is 11.3 Å². The highest BCUT2D eigenvalue weighted by molar-refractivity contribution is 7.13. The number of rotatable bonds is 5. The summed E-state index contributed by atoms with van der Waals surface area (Å²) in [5, 5.41) is 48.2. The number of nitrogens with one attached hydrogen (secondary N) is 1. The first-order valence-corrected chi connectivity index (χ1v) is 13.2. The summed E-state index contributed by atoms with van der Waals surface area (Å²) in [6, 6.07) is 1.59. The first-order chi connectivity index (χ1) is 19.1. The fourth-order valence-electron chi connectivity index (χ4n) is 5.91. The number of anilines is 2. The summed E-state index contributed by atoms with van der Waals surface area (Å²) in [5.41, 5.74) is 1.34. The number of thiazole rings is 1. The van der Waals surface area contributed by atoms with E-state index in [1.165, 1.54) is 0 Å². The van der Waals surface area contributed by atoms with Crippen molar-refractivity contribution in [3.05, 3.63) is 50.7 Å². The maximum atomic E-state index is 13.7. The average Bonchev–Trinajstić information content (AvgIpc) is 3.35. The lowest BCUT2D eigenvalue weighted by Gasteiger charge is -2.46. The van der Waals surface area contributed by atoms with E-state index in [1.54, 1.807) is 25.1 Å². The molecule has 0 radical (unpaired) electrons. The van der Waals surface area contributed by atoms with Crippen LogP contribution in [0.15, 0.2) is 28.4 Å². The minimum absolute atomic E-state index is 0.00849. The summed E-state index contributed by atoms with van der Waals surface area (Å²) in [6.07, 6.45) is -4.94. The van der Waals surface area contributed by atoms with Crippen molar-refractivity contribution in [2.24, 2.45) is 17.6 Å². The van der Waals surface area contributed by atoms with Gasteiger partial charge in [0, 0.05) is 55.2 Å². The molecule has 3 unspecified atom stereocenters. The molecule has 0 saturated heterocycles. The molecule has 11 nitrogen and oxygen atoms in total. The van der Waals surface area contributed by atoms with Gasteiger partial charge in [-0.25, -0.2) is 4.98 Å². The zero-order chi connectivity index (χ0) is 30.2. The molecule has 1 fully saturated rings. The second kappa shape index (κ2) is 9.48. The molecule has 1 aromatic carbocycles. The van der Waals surface area contributed by atoms with E-state index in [9.17, 15) is 48.0 Å². The second-order valence-corrected chi connectivity index (χ2v) is 11.3. The van der Waals surface area contributed by atoms with Gasteiger partial charge in [-0.3, -0.25) is 14.4 Å². The molecule has 3 aliphatic rings. The van der Waals surface area contributed by atoms with Gasteiger partial charge in [0.2, 0.25) is 5.78 Å². The lowest BCUT2D eigenvalue weighted by molar-refractivity contribution is -0.147. The van der Waals surface area contributed by atoms with Crippen LogP contribution in [0.3, 0.4) is 0 Å². The summed E-state index contributed by atoms with van der Waals surface area (Å²) in [7, 11) is 3.41. The summed E-state index contributed by atoms with van der Waals surface area (Å²) in [6.45, 7) is -0.190. The number of aromatic nitrogens is 1. The van der Waals surface area contributed by atoms with Crippen molar-refractivity contribution in [1.82, 2.24) is 4.98 Å². The predicted molar refractivity (Wildman–Crippen MR) is 140 cm³/mol. The number of benzene rings is 1. The van der Waals surface area contributed by atoms with Gasteiger partial charge in [0.15, 0.2) is 22.2 Å². The van der Waals surface area contributed by atoms with E-state index < -0.39 is 76.0 Å². The number of hydrogen-bond donors (Lipinski definition) is 6. The van der Waals surface area contributed by atoms with Gasteiger partial charge in [-0.15, -0.1) is 11.3 Å². The van der Waals surface area contributed by atoms with Crippen LogP contribution in [0, 0.1) is 11.8 Å². The molecule has 7 N–H and O–H groups in total. The van der Waals surface area contributed by atoms with Crippen molar-refractivity contribution < 1.29 is 48.0 Å². The van der Waals surface area contributed by atoms with Crippen LogP contribution in [0.1, 0.15) is 35.2 Å². The Morgan fingerprint density at radius 1 is 1.24 bits per heavy atom. The number of amides is 1. The minimum atomic E-state index is -4.62. The number of alkyl halides is 3. The van der Waals surface area contributed by atoms with Crippen molar-refractivity contribution in [2.45, 2.75) is 37.6 Å². The van der Waals surface area contributed by atoms with Crippen LogP contribution < -0.4 is 16.0 Å². The molecule has 1 heterocycles. The number of Topliss-reactive ketones (excluding diaryl/α,β-unsaturated/α-hetero) is 2. The second-order valence-electron chi connectivity index (χ2n) is 10.4. The van der Waals surface area contributed by atoms with Gasteiger partial charge in [-0.2, -0.15) is 13.2 Å². The Kier molecular flexibility index (Phi) is 6.57. The van der Waals surface area contributed by atoms with Gasteiger partial charge in [-0.05, 0) is 30.4 Å². The number of nitrogens with two attached hydrogens (primary N) is 1. The Balaban J connectivity index is 1.59. The molecule has 2 aromatic rings. The third-order valence-corrected chi connectivity index (χ3v) is 8.63. The Labute approximate surface area is 234 Å². The highest BCUT2D eigenvalue weighted by Gasteiger charge is 2.60. The molecule has 3 aliphatic carbocycles. The standard InChI is InChI=1S/C26H25F3N4O7S/c1-33(2)13-5-10(7-31-24-32-15(8-41-24)26(27,28)29)19(35)17-12(13)4-9-3-11-6-14(34)18(23(30)39)22(38)25(11,40)21(37)16(9)20(17)36/h5,8-9,11,35-36,38,40H,3-4,6-7H2,1-2H3,(H2,30,39)(H,31,32). The number of aliphatic hydroxyl groups excluding tert-OH is 2. The number of carbonyl (C=O) groups excluding carboxylic acids is 3. The normalized spacial score (nSPS) is 24.1. The van der Waals surface area contributed by atoms with Crippen molar-refractivity contribution in [2.75, 3.05) is 24.3 Å². The van der Waals surface area contributed by atoms with Crippen molar-refractivity contribution in [3.8, 4) is 5.75 Å². The predicted octanol–water partition coefficient (Wildman–Crippen LogP) is 2.58. The quantitative estimate of drug-likeness (QED) is 0.281. The van der Waals surface area contributed by atoms with Gasteiger partial charge < -0.3 is 36.4 Å². The molecule has 41 heavy (non-hydrogen) atoms. The number of primary amides is 1. The molecule has 0 spiro atoms. The monoisotopic (exact) mass is 594 g/mol. The highest BCUT2D eigenvalue weighted by Crippen LogP contribution is 2.53. The summed E-state index contributed by atoms with van der Waals surface area (Å²) in [5.74, 6) is -7.31. The molecule has 218 valence electrons. The molecule has 3 atom stereocenters. The zero-order valence-electron chi connectivity index (χ0n) is 21.7. The van der Waals surface area contributed by atoms with Crippen LogP contribution in [0.4, 0.5) is 24.0 Å². The summed E-state index contributed by atoms with van der Waals surface area (Å²) >= 11 is 0.719. The number of nitrogens with zero attached hydrogens (tertiary/aromatic N) is 2. The molecular weight excluding hydrogens is 569 g/mol. The number of halogens is 3. The molecule has 15 heteroatoms.